The number of nitrogens with zero attached hydrogens (tertiary/aromatic N) is 1. The van der Waals surface area contributed by atoms with E-state index in [1.807, 2.05) is 0 Å². The van der Waals surface area contributed by atoms with Gasteiger partial charge in [0.25, 0.3) is 0 Å². The zero-order valence-corrected chi connectivity index (χ0v) is 9.41. The van der Waals surface area contributed by atoms with Crippen LogP contribution in [-0.2, 0) is 19.1 Å². The molecule has 0 aliphatic rings. The van der Waals surface area contributed by atoms with Crippen molar-refractivity contribution in [2.75, 3.05) is 20.7 Å². The third-order valence-corrected chi connectivity index (χ3v) is 2.03. The lowest BCUT2D eigenvalue weighted by Gasteiger charge is -2.14. The van der Waals surface area contributed by atoms with Gasteiger partial charge in [-0.15, -0.1) is 0 Å². The summed E-state index contributed by atoms with van der Waals surface area (Å²) >= 11 is 0. The predicted octanol–water partition coefficient (Wildman–Crippen LogP) is 0.377. The summed E-state index contributed by atoms with van der Waals surface area (Å²) in [6, 6.07) is 0. The van der Waals surface area contributed by atoms with E-state index in [2.05, 4.69) is 4.74 Å². The van der Waals surface area contributed by atoms with Gasteiger partial charge in [-0.1, -0.05) is 6.92 Å². The molecule has 0 radical (unpaired) electrons. The number of ketones is 1. The SMILES string of the molecule is CCC(=O)CCC(=O)N(C)CC(=O)OC. The fraction of sp³-hybridized carbons (Fsp3) is 0.700. The normalized spacial score (nSPS) is 9.53. The van der Waals surface area contributed by atoms with E-state index in [1.54, 1.807) is 6.92 Å². The first-order chi connectivity index (χ1) is 7.01. The third-order valence-electron chi connectivity index (χ3n) is 2.03. The second kappa shape index (κ2) is 6.98. The molecule has 0 aromatic heterocycles. The number of carbonyl (C=O) groups is 3. The number of ether oxygens (including phenoxy) is 1. The second-order valence-electron chi connectivity index (χ2n) is 3.22. The largest absolute Gasteiger partial charge is 0.468 e. The molecule has 0 aromatic carbocycles. The minimum absolute atomic E-state index is 0.0508. The predicted molar refractivity (Wildman–Crippen MR) is 54.2 cm³/mol. The maximum atomic E-state index is 11.4. The molecule has 0 rings (SSSR count). The molecule has 0 atom stereocenters. The second-order valence-corrected chi connectivity index (χ2v) is 3.22. The molecule has 0 N–H and O–H groups in total. The Kier molecular flexibility index (Phi) is 6.33. The van der Waals surface area contributed by atoms with Gasteiger partial charge in [0.2, 0.25) is 5.91 Å². The first kappa shape index (κ1) is 13.6. The molecule has 0 spiro atoms. The van der Waals surface area contributed by atoms with Crippen LogP contribution in [-0.4, -0.2) is 43.3 Å². The zero-order valence-electron chi connectivity index (χ0n) is 9.41. The number of likely N-dealkylation sites (N-methyl/N-ethyl adjacent to an activating group) is 1. The number of hydrogen-bond donors (Lipinski definition) is 0. The minimum Gasteiger partial charge on any atom is -0.468 e. The highest BCUT2D eigenvalue weighted by Crippen LogP contribution is 1.99. The molecule has 5 heteroatoms. The van der Waals surface area contributed by atoms with Crippen LogP contribution < -0.4 is 0 Å². The highest BCUT2D eigenvalue weighted by molar-refractivity contribution is 5.86. The smallest absolute Gasteiger partial charge is 0.325 e. The molecule has 0 aliphatic carbocycles. The van der Waals surface area contributed by atoms with E-state index < -0.39 is 5.97 Å². The summed E-state index contributed by atoms with van der Waals surface area (Å²) < 4.78 is 4.42. The van der Waals surface area contributed by atoms with Crippen LogP contribution in [0.3, 0.4) is 0 Å². The Morgan fingerprint density at radius 1 is 1.20 bits per heavy atom. The Morgan fingerprint density at radius 3 is 2.27 bits per heavy atom. The summed E-state index contributed by atoms with van der Waals surface area (Å²) in [5.74, 6) is -0.635. The molecule has 0 bridgehead atoms. The fourth-order valence-corrected chi connectivity index (χ4v) is 0.960. The van der Waals surface area contributed by atoms with Gasteiger partial charge in [-0.2, -0.15) is 0 Å². The Balaban J connectivity index is 3.89. The van der Waals surface area contributed by atoms with Gasteiger partial charge in [0.05, 0.1) is 7.11 Å². The standard InChI is InChI=1S/C10H17NO4/c1-4-8(12)5-6-9(13)11(2)7-10(14)15-3/h4-7H2,1-3H3. The number of rotatable bonds is 6. The quantitative estimate of drug-likeness (QED) is 0.601. The first-order valence-electron chi connectivity index (χ1n) is 4.83. The van der Waals surface area contributed by atoms with Crippen LogP contribution in [0.1, 0.15) is 26.2 Å². The number of carbonyl (C=O) groups excluding carboxylic acids is 3. The molecule has 0 heterocycles. The Bertz CT molecular complexity index is 250. The average Bonchev–Trinajstić information content (AvgIpc) is 2.24. The summed E-state index contributed by atoms with van der Waals surface area (Å²) in [5, 5.41) is 0. The van der Waals surface area contributed by atoms with Crippen molar-refractivity contribution in [1.82, 2.24) is 4.90 Å². The number of methoxy groups -OCH3 is 1. The zero-order chi connectivity index (χ0) is 11.8. The van der Waals surface area contributed by atoms with Crippen LogP contribution in [0.4, 0.5) is 0 Å². The summed E-state index contributed by atoms with van der Waals surface area (Å²) in [5.41, 5.74) is 0. The Labute approximate surface area is 89.4 Å². The van der Waals surface area contributed by atoms with Crippen molar-refractivity contribution in [2.24, 2.45) is 0 Å². The molecule has 0 aliphatic heterocycles. The molecule has 1 amide bonds. The van der Waals surface area contributed by atoms with Gasteiger partial charge in [-0.25, -0.2) is 0 Å². The van der Waals surface area contributed by atoms with Gasteiger partial charge in [-0.05, 0) is 0 Å². The van der Waals surface area contributed by atoms with Crippen LogP contribution in [0.2, 0.25) is 0 Å². The molecule has 0 fully saturated rings. The molecule has 0 saturated carbocycles. The van der Waals surface area contributed by atoms with Gasteiger partial charge in [-0.3, -0.25) is 14.4 Å². The number of hydrogen-bond acceptors (Lipinski definition) is 4. The molecule has 0 aromatic rings. The van der Waals surface area contributed by atoms with E-state index in [0.29, 0.717) is 6.42 Å². The maximum absolute atomic E-state index is 11.4. The summed E-state index contributed by atoms with van der Waals surface area (Å²) in [4.78, 5) is 34.4. The fourth-order valence-electron chi connectivity index (χ4n) is 0.960. The van der Waals surface area contributed by atoms with Crippen LogP contribution in [0.15, 0.2) is 0 Å². The van der Waals surface area contributed by atoms with Crippen molar-refractivity contribution < 1.29 is 19.1 Å². The van der Waals surface area contributed by atoms with Crippen molar-refractivity contribution in [2.45, 2.75) is 26.2 Å². The van der Waals surface area contributed by atoms with E-state index in [-0.39, 0.29) is 31.1 Å². The highest BCUT2D eigenvalue weighted by Gasteiger charge is 2.13. The van der Waals surface area contributed by atoms with E-state index in [0.717, 1.165) is 0 Å². The van der Waals surface area contributed by atoms with E-state index >= 15 is 0 Å². The maximum Gasteiger partial charge on any atom is 0.325 e. The lowest BCUT2D eigenvalue weighted by atomic mass is 10.2. The van der Waals surface area contributed by atoms with E-state index in [9.17, 15) is 14.4 Å². The average molecular weight is 215 g/mol. The topological polar surface area (TPSA) is 63.7 Å². The molecule has 0 saturated heterocycles. The summed E-state index contributed by atoms with van der Waals surface area (Å²) in [7, 11) is 2.77. The number of Topliss-reactive ketones (excluding diaryl/α,β-unsaturated/α-hetero) is 1. The number of esters is 1. The summed E-state index contributed by atoms with van der Waals surface area (Å²) in [6.45, 7) is 1.68. The van der Waals surface area contributed by atoms with Gasteiger partial charge in [0.15, 0.2) is 0 Å². The van der Waals surface area contributed by atoms with Crippen molar-refractivity contribution in [3.05, 3.63) is 0 Å². The van der Waals surface area contributed by atoms with Crippen molar-refractivity contribution >= 4 is 17.7 Å². The summed E-state index contributed by atoms with van der Waals surface area (Å²) in [6.07, 6.45) is 0.828. The molecular weight excluding hydrogens is 198 g/mol. The van der Waals surface area contributed by atoms with Crippen LogP contribution in [0.25, 0.3) is 0 Å². The Hall–Kier alpha value is -1.39. The van der Waals surface area contributed by atoms with Gasteiger partial charge in [0, 0.05) is 26.3 Å². The van der Waals surface area contributed by atoms with Crippen molar-refractivity contribution in [1.29, 1.82) is 0 Å². The van der Waals surface area contributed by atoms with E-state index in [4.69, 9.17) is 0 Å². The molecule has 86 valence electrons. The van der Waals surface area contributed by atoms with Gasteiger partial charge < -0.3 is 9.64 Å². The van der Waals surface area contributed by atoms with Gasteiger partial charge >= 0.3 is 5.97 Å². The van der Waals surface area contributed by atoms with Crippen molar-refractivity contribution in [3.8, 4) is 0 Å². The van der Waals surface area contributed by atoms with Crippen LogP contribution in [0, 0.1) is 0 Å². The van der Waals surface area contributed by atoms with Crippen LogP contribution >= 0.6 is 0 Å². The molecule has 15 heavy (non-hydrogen) atoms. The molecular formula is C10H17NO4. The lowest BCUT2D eigenvalue weighted by molar-refractivity contribution is -0.146. The first-order valence-corrected chi connectivity index (χ1v) is 4.83. The monoisotopic (exact) mass is 215 g/mol. The lowest BCUT2D eigenvalue weighted by Crippen LogP contribution is -2.32. The number of amides is 1. The van der Waals surface area contributed by atoms with Gasteiger partial charge in [0.1, 0.15) is 12.3 Å². The Morgan fingerprint density at radius 2 is 1.80 bits per heavy atom. The molecule has 5 nitrogen and oxygen atoms in total. The minimum atomic E-state index is -0.465. The molecule has 0 unspecified atom stereocenters. The van der Waals surface area contributed by atoms with Crippen molar-refractivity contribution in [3.63, 3.8) is 0 Å². The van der Waals surface area contributed by atoms with E-state index in [1.165, 1.54) is 19.1 Å². The third kappa shape index (κ3) is 5.83. The van der Waals surface area contributed by atoms with Crippen LogP contribution in [0.5, 0.6) is 0 Å². The highest BCUT2D eigenvalue weighted by atomic mass is 16.5.